The highest BCUT2D eigenvalue weighted by Crippen LogP contribution is 2.30. The molecule has 0 aliphatic rings. The second-order valence-electron chi connectivity index (χ2n) is 5.28. The standard InChI is InChI=1S/C17H17ClN2O4/c18-14-5-4-10(12(9-19)8-16(21)22)7-15(14)20-13-3-1-2-11(6-13)17(23)24/h1-7,12,20H,8-9,19H2,(H,21,22)(H,23,24). The minimum absolute atomic E-state index is 0.0773. The summed E-state index contributed by atoms with van der Waals surface area (Å²) in [5.74, 6) is -2.28. The van der Waals surface area contributed by atoms with E-state index in [9.17, 15) is 9.59 Å². The van der Waals surface area contributed by atoms with Gasteiger partial charge in [0.25, 0.3) is 0 Å². The number of benzene rings is 2. The Bertz CT molecular complexity index is 764. The Balaban J connectivity index is 2.30. The van der Waals surface area contributed by atoms with Crippen molar-refractivity contribution >= 4 is 34.9 Å². The fourth-order valence-electron chi connectivity index (χ4n) is 2.33. The maximum Gasteiger partial charge on any atom is 0.335 e. The molecule has 0 radical (unpaired) electrons. The first-order chi connectivity index (χ1) is 11.4. The molecule has 0 aliphatic carbocycles. The maximum atomic E-state index is 11.0. The highest BCUT2D eigenvalue weighted by atomic mass is 35.5. The molecule has 7 heteroatoms. The summed E-state index contributed by atoms with van der Waals surface area (Å²) in [4.78, 5) is 22.0. The van der Waals surface area contributed by atoms with Gasteiger partial charge in [-0.15, -0.1) is 0 Å². The molecule has 126 valence electrons. The molecular weight excluding hydrogens is 332 g/mol. The molecule has 0 saturated heterocycles. The minimum atomic E-state index is -1.02. The maximum absolute atomic E-state index is 11.0. The highest BCUT2D eigenvalue weighted by molar-refractivity contribution is 6.33. The van der Waals surface area contributed by atoms with Crippen LogP contribution in [0.15, 0.2) is 42.5 Å². The van der Waals surface area contributed by atoms with E-state index in [0.29, 0.717) is 16.4 Å². The number of hydrogen-bond acceptors (Lipinski definition) is 4. The summed E-state index contributed by atoms with van der Waals surface area (Å²) >= 11 is 6.18. The Morgan fingerprint density at radius 3 is 2.54 bits per heavy atom. The number of aromatic carboxylic acids is 1. The minimum Gasteiger partial charge on any atom is -0.481 e. The molecular formula is C17H17ClN2O4. The van der Waals surface area contributed by atoms with Crippen molar-refractivity contribution in [2.75, 3.05) is 11.9 Å². The van der Waals surface area contributed by atoms with E-state index in [0.717, 1.165) is 5.56 Å². The van der Waals surface area contributed by atoms with E-state index < -0.39 is 11.9 Å². The van der Waals surface area contributed by atoms with Gasteiger partial charge in [-0.1, -0.05) is 23.7 Å². The normalized spacial score (nSPS) is 11.8. The summed E-state index contributed by atoms with van der Waals surface area (Å²) in [7, 11) is 0. The van der Waals surface area contributed by atoms with Crippen LogP contribution in [0.5, 0.6) is 0 Å². The molecule has 0 spiro atoms. The number of aliphatic carboxylic acids is 1. The summed E-state index contributed by atoms with van der Waals surface area (Å²) in [6.45, 7) is 0.196. The zero-order valence-electron chi connectivity index (χ0n) is 12.7. The lowest BCUT2D eigenvalue weighted by molar-refractivity contribution is -0.137. The fraction of sp³-hybridized carbons (Fsp3) is 0.176. The molecule has 0 fully saturated rings. The summed E-state index contributed by atoms with van der Waals surface area (Å²) in [5, 5.41) is 21.5. The van der Waals surface area contributed by atoms with E-state index in [1.165, 1.54) is 12.1 Å². The molecule has 1 unspecified atom stereocenters. The SMILES string of the molecule is NCC(CC(=O)O)c1ccc(Cl)c(Nc2cccc(C(=O)O)c2)c1. The number of nitrogens with one attached hydrogen (secondary N) is 1. The Kier molecular flexibility index (Phi) is 5.78. The molecule has 0 saturated carbocycles. The average Bonchev–Trinajstić information content (AvgIpc) is 2.55. The monoisotopic (exact) mass is 348 g/mol. The Morgan fingerprint density at radius 1 is 1.17 bits per heavy atom. The van der Waals surface area contributed by atoms with Crippen LogP contribution in [0, 0.1) is 0 Å². The van der Waals surface area contributed by atoms with Gasteiger partial charge < -0.3 is 21.3 Å². The van der Waals surface area contributed by atoms with Crippen molar-refractivity contribution in [3.63, 3.8) is 0 Å². The molecule has 0 amide bonds. The first-order valence-corrected chi connectivity index (χ1v) is 7.60. The van der Waals surface area contributed by atoms with Crippen LogP contribution >= 0.6 is 11.6 Å². The number of carboxylic acid groups (broad SMARTS) is 2. The van der Waals surface area contributed by atoms with E-state index >= 15 is 0 Å². The lowest BCUT2D eigenvalue weighted by atomic mass is 9.95. The van der Waals surface area contributed by atoms with Gasteiger partial charge >= 0.3 is 11.9 Å². The molecule has 24 heavy (non-hydrogen) atoms. The van der Waals surface area contributed by atoms with Crippen LogP contribution in [-0.4, -0.2) is 28.7 Å². The molecule has 2 aromatic carbocycles. The number of carbonyl (C=O) groups is 2. The predicted octanol–water partition coefficient (Wildman–Crippen LogP) is 3.30. The van der Waals surface area contributed by atoms with Crippen LogP contribution in [0.4, 0.5) is 11.4 Å². The number of rotatable bonds is 7. The molecule has 6 nitrogen and oxygen atoms in total. The van der Waals surface area contributed by atoms with Gasteiger partial charge in [-0.05, 0) is 42.4 Å². The Morgan fingerprint density at radius 2 is 1.92 bits per heavy atom. The molecule has 0 bridgehead atoms. The van der Waals surface area contributed by atoms with Crippen LogP contribution in [0.1, 0.15) is 28.3 Å². The number of anilines is 2. The third-order valence-electron chi connectivity index (χ3n) is 3.56. The van der Waals surface area contributed by atoms with E-state index in [2.05, 4.69) is 5.32 Å². The smallest absolute Gasteiger partial charge is 0.335 e. The Hall–Kier alpha value is -2.57. The topological polar surface area (TPSA) is 113 Å². The third kappa shape index (κ3) is 4.47. The van der Waals surface area contributed by atoms with Crippen LogP contribution in [-0.2, 0) is 4.79 Å². The summed E-state index contributed by atoms with van der Waals surface area (Å²) < 4.78 is 0. The summed E-state index contributed by atoms with van der Waals surface area (Å²) in [6.07, 6.45) is -0.0773. The number of halogens is 1. The lowest BCUT2D eigenvalue weighted by Crippen LogP contribution is -2.16. The molecule has 0 heterocycles. The van der Waals surface area contributed by atoms with Crippen molar-refractivity contribution in [1.82, 2.24) is 0 Å². The zero-order chi connectivity index (χ0) is 17.7. The summed E-state index contributed by atoms with van der Waals surface area (Å²) in [5.41, 5.74) is 7.69. The zero-order valence-corrected chi connectivity index (χ0v) is 13.5. The first-order valence-electron chi connectivity index (χ1n) is 7.22. The van der Waals surface area contributed by atoms with Crippen molar-refractivity contribution in [2.24, 2.45) is 5.73 Å². The van der Waals surface area contributed by atoms with Gasteiger partial charge in [-0.25, -0.2) is 4.79 Å². The molecule has 2 aromatic rings. The molecule has 2 rings (SSSR count). The largest absolute Gasteiger partial charge is 0.481 e. The third-order valence-corrected chi connectivity index (χ3v) is 3.89. The first kappa shape index (κ1) is 17.8. The van der Waals surface area contributed by atoms with Crippen molar-refractivity contribution in [3.05, 3.63) is 58.6 Å². The van der Waals surface area contributed by atoms with Gasteiger partial charge in [-0.3, -0.25) is 4.79 Å². The van der Waals surface area contributed by atoms with E-state index in [1.807, 2.05) is 0 Å². The average molecular weight is 349 g/mol. The highest BCUT2D eigenvalue weighted by Gasteiger charge is 2.15. The number of carboxylic acids is 2. The van der Waals surface area contributed by atoms with E-state index in [-0.39, 0.29) is 24.4 Å². The molecule has 5 N–H and O–H groups in total. The van der Waals surface area contributed by atoms with Crippen molar-refractivity contribution in [1.29, 1.82) is 0 Å². The van der Waals surface area contributed by atoms with Gasteiger partial charge in [0.15, 0.2) is 0 Å². The number of nitrogens with two attached hydrogens (primary N) is 1. The predicted molar refractivity (Wildman–Crippen MR) is 92.2 cm³/mol. The van der Waals surface area contributed by atoms with Crippen molar-refractivity contribution < 1.29 is 19.8 Å². The van der Waals surface area contributed by atoms with E-state index in [1.54, 1.807) is 30.3 Å². The Labute approximate surface area is 143 Å². The van der Waals surface area contributed by atoms with Gasteiger partial charge in [0.2, 0.25) is 0 Å². The second-order valence-corrected chi connectivity index (χ2v) is 5.69. The molecule has 1 atom stereocenters. The van der Waals surface area contributed by atoms with Crippen LogP contribution < -0.4 is 11.1 Å². The second kappa shape index (κ2) is 7.81. The van der Waals surface area contributed by atoms with E-state index in [4.69, 9.17) is 27.5 Å². The van der Waals surface area contributed by atoms with Gasteiger partial charge in [0.05, 0.1) is 22.7 Å². The summed E-state index contributed by atoms with van der Waals surface area (Å²) in [6, 6.07) is 11.4. The van der Waals surface area contributed by atoms with Crippen LogP contribution in [0.25, 0.3) is 0 Å². The molecule has 0 aromatic heterocycles. The molecule has 0 aliphatic heterocycles. The number of hydrogen-bond donors (Lipinski definition) is 4. The quantitative estimate of drug-likeness (QED) is 0.610. The van der Waals surface area contributed by atoms with Gasteiger partial charge in [0.1, 0.15) is 0 Å². The van der Waals surface area contributed by atoms with Crippen molar-refractivity contribution in [3.8, 4) is 0 Å². The van der Waals surface area contributed by atoms with Gasteiger partial charge in [-0.2, -0.15) is 0 Å². The lowest BCUT2D eigenvalue weighted by Gasteiger charge is -2.16. The fourth-order valence-corrected chi connectivity index (χ4v) is 2.49. The van der Waals surface area contributed by atoms with Crippen LogP contribution in [0.3, 0.4) is 0 Å². The van der Waals surface area contributed by atoms with Crippen LogP contribution in [0.2, 0.25) is 5.02 Å². The van der Waals surface area contributed by atoms with Gasteiger partial charge in [0, 0.05) is 11.6 Å². The van der Waals surface area contributed by atoms with Crippen molar-refractivity contribution in [2.45, 2.75) is 12.3 Å².